The summed E-state index contributed by atoms with van der Waals surface area (Å²) < 4.78 is 0. The maximum atomic E-state index is 3.66. The van der Waals surface area contributed by atoms with Gasteiger partial charge in [0.15, 0.2) is 0 Å². The fraction of sp³-hybridized carbons (Fsp3) is 0.333. The molecule has 0 saturated heterocycles. The summed E-state index contributed by atoms with van der Waals surface area (Å²) in [6.07, 6.45) is 1.15. The van der Waals surface area contributed by atoms with Crippen molar-refractivity contribution in [1.29, 1.82) is 0 Å². The van der Waals surface area contributed by atoms with Crippen molar-refractivity contribution in [1.82, 2.24) is 5.32 Å². The van der Waals surface area contributed by atoms with Gasteiger partial charge in [0, 0.05) is 0 Å². The smallest absolute Gasteiger partial charge is 0.0579 e. The summed E-state index contributed by atoms with van der Waals surface area (Å²) in [4.78, 5) is 0. The standard InChI is InChI=1S/C18H23N/c1-4-12-19-18(16-8-6-5-7-9-16)17-11-10-14(2)13-15(17)3/h5-11,13,18-19H,4,12H2,1-3H3. The van der Waals surface area contributed by atoms with Crippen molar-refractivity contribution in [2.45, 2.75) is 33.2 Å². The molecule has 0 aliphatic heterocycles. The van der Waals surface area contributed by atoms with Crippen molar-refractivity contribution in [2.24, 2.45) is 0 Å². The van der Waals surface area contributed by atoms with Gasteiger partial charge in [-0.25, -0.2) is 0 Å². The van der Waals surface area contributed by atoms with Gasteiger partial charge in [0.2, 0.25) is 0 Å². The van der Waals surface area contributed by atoms with Crippen LogP contribution in [0.2, 0.25) is 0 Å². The van der Waals surface area contributed by atoms with Crippen LogP contribution < -0.4 is 5.32 Å². The molecular formula is C18H23N. The molecule has 0 heterocycles. The molecule has 1 nitrogen and oxygen atoms in total. The van der Waals surface area contributed by atoms with Crippen LogP contribution >= 0.6 is 0 Å². The molecule has 0 saturated carbocycles. The molecule has 0 bridgehead atoms. The second-order valence-electron chi connectivity index (χ2n) is 5.16. The normalized spacial score (nSPS) is 12.4. The van der Waals surface area contributed by atoms with Crippen LogP contribution in [0.3, 0.4) is 0 Å². The summed E-state index contributed by atoms with van der Waals surface area (Å²) in [5.41, 5.74) is 5.40. The highest BCUT2D eigenvalue weighted by atomic mass is 14.9. The van der Waals surface area contributed by atoms with E-state index in [1.165, 1.54) is 22.3 Å². The van der Waals surface area contributed by atoms with Crippen molar-refractivity contribution in [3.05, 3.63) is 70.8 Å². The molecular weight excluding hydrogens is 230 g/mol. The molecule has 1 atom stereocenters. The third-order valence-electron chi connectivity index (χ3n) is 3.47. The van der Waals surface area contributed by atoms with Crippen molar-refractivity contribution in [2.75, 3.05) is 6.54 Å². The Labute approximate surface area is 116 Å². The van der Waals surface area contributed by atoms with Crippen molar-refractivity contribution in [3.63, 3.8) is 0 Å². The second-order valence-corrected chi connectivity index (χ2v) is 5.16. The molecule has 0 aromatic heterocycles. The molecule has 19 heavy (non-hydrogen) atoms. The molecule has 0 amide bonds. The molecule has 100 valence electrons. The van der Waals surface area contributed by atoms with Crippen molar-refractivity contribution < 1.29 is 0 Å². The highest BCUT2D eigenvalue weighted by Gasteiger charge is 2.14. The van der Waals surface area contributed by atoms with Gasteiger partial charge in [-0.3, -0.25) is 0 Å². The van der Waals surface area contributed by atoms with Crippen LogP contribution in [0.4, 0.5) is 0 Å². The molecule has 0 fully saturated rings. The summed E-state index contributed by atoms with van der Waals surface area (Å²) in [5.74, 6) is 0. The first-order valence-electron chi connectivity index (χ1n) is 7.08. The van der Waals surface area contributed by atoms with Gasteiger partial charge in [0.05, 0.1) is 6.04 Å². The third kappa shape index (κ3) is 3.45. The number of hydrogen-bond acceptors (Lipinski definition) is 1. The Hall–Kier alpha value is -1.60. The summed E-state index contributed by atoms with van der Waals surface area (Å²) in [6, 6.07) is 17.7. The van der Waals surface area contributed by atoms with Crippen LogP contribution in [0.15, 0.2) is 48.5 Å². The Morgan fingerprint density at radius 1 is 1.00 bits per heavy atom. The lowest BCUT2D eigenvalue weighted by atomic mass is 9.94. The van der Waals surface area contributed by atoms with E-state index < -0.39 is 0 Å². The minimum absolute atomic E-state index is 0.293. The third-order valence-corrected chi connectivity index (χ3v) is 3.47. The van der Waals surface area contributed by atoms with Crippen LogP contribution in [0.5, 0.6) is 0 Å². The average molecular weight is 253 g/mol. The van der Waals surface area contributed by atoms with Gasteiger partial charge in [0.1, 0.15) is 0 Å². The number of nitrogens with one attached hydrogen (secondary N) is 1. The Kier molecular flexibility index (Phi) is 4.75. The van der Waals surface area contributed by atoms with E-state index in [2.05, 4.69) is 74.6 Å². The van der Waals surface area contributed by atoms with Gasteiger partial charge in [-0.1, -0.05) is 61.0 Å². The van der Waals surface area contributed by atoms with Crippen LogP contribution in [-0.2, 0) is 0 Å². The largest absolute Gasteiger partial charge is 0.306 e. The lowest BCUT2D eigenvalue weighted by molar-refractivity contribution is 0.596. The van der Waals surface area contributed by atoms with E-state index in [1.807, 2.05) is 0 Å². The average Bonchev–Trinajstić information content (AvgIpc) is 2.42. The Morgan fingerprint density at radius 3 is 2.37 bits per heavy atom. The minimum Gasteiger partial charge on any atom is -0.306 e. The zero-order valence-electron chi connectivity index (χ0n) is 12.1. The Balaban J connectivity index is 2.37. The molecule has 1 unspecified atom stereocenters. The van der Waals surface area contributed by atoms with Gasteiger partial charge >= 0.3 is 0 Å². The van der Waals surface area contributed by atoms with E-state index in [-0.39, 0.29) is 0 Å². The Morgan fingerprint density at radius 2 is 1.74 bits per heavy atom. The zero-order chi connectivity index (χ0) is 13.7. The molecule has 2 aromatic carbocycles. The molecule has 0 spiro atoms. The monoisotopic (exact) mass is 253 g/mol. The van der Waals surface area contributed by atoms with E-state index >= 15 is 0 Å². The van der Waals surface area contributed by atoms with E-state index in [0.717, 1.165) is 13.0 Å². The lowest BCUT2D eigenvalue weighted by Gasteiger charge is -2.22. The van der Waals surface area contributed by atoms with Crippen molar-refractivity contribution >= 4 is 0 Å². The van der Waals surface area contributed by atoms with Gasteiger partial charge < -0.3 is 5.32 Å². The van der Waals surface area contributed by atoms with Gasteiger partial charge in [0.25, 0.3) is 0 Å². The highest BCUT2D eigenvalue weighted by molar-refractivity contribution is 5.38. The maximum Gasteiger partial charge on any atom is 0.0579 e. The quantitative estimate of drug-likeness (QED) is 0.833. The summed E-state index contributed by atoms with van der Waals surface area (Å²) in [6.45, 7) is 7.59. The van der Waals surface area contributed by atoms with Gasteiger partial charge in [-0.2, -0.15) is 0 Å². The SMILES string of the molecule is CCCNC(c1ccccc1)c1ccc(C)cc1C. The fourth-order valence-electron chi connectivity index (χ4n) is 2.49. The minimum atomic E-state index is 0.293. The Bertz CT molecular complexity index is 516. The van der Waals surface area contributed by atoms with Crippen molar-refractivity contribution in [3.8, 4) is 0 Å². The molecule has 2 aromatic rings. The number of benzene rings is 2. The molecule has 0 radical (unpaired) electrons. The number of aryl methyl sites for hydroxylation is 2. The highest BCUT2D eigenvalue weighted by Crippen LogP contribution is 2.25. The molecule has 1 heteroatoms. The predicted octanol–water partition coefficient (Wildman–Crippen LogP) is 4.39. The van der Waals surface area contributed by atoms with Crippen LogP contribution in [-0.4, -0.2) is 6.54 Å². The van der Waals surface area contributed by atoms with E-state index in [9.17, 15) is 0 Å². The zero-order valence-corrected chi connectivity index (χ0v) is 12.1. The first-order chi connectivity index (χ1) is 9.22. The molecule has 2 rings (SSSR count). The summed E-state index contributed by atoms with van der Waals surface area (Å²) in [7, 11) is 0. The first kappa shape index (κ1) is 13.8. The molecule has 1 N–H and O–H groups in total. The fourth-order valence-corrected chi connectivity index (χ4v) is 2.49. The number of rotatable bonds is 5. The van der Waals surface area contributed by atoms with E-state index in [0.29, 0.717) is 6.04 Å². The summed E-state index contributed by atoms with van der Waals surface area (Å²) in [5, 5.41) is 3.66. The predicted molar refractivity (Wildman–Crippen MR) is 82.5 cm³/mol. The maximum absolute atomic E-state index is 3.66. The van der Waals surface area contributed by atoms with Crippen LogP contribution in [0.25, 0.3) is 0 Å². The van der Waals surface area contributed by atoms with Gasteiger partial charge in [-0.15, -0.1) is 0 Å². The van der Waals surface area contributed by atoms with Crippen LogP contribution in [0.1, 0.15) is 41.6 Å². The first-order valence-corrected chi connectivity index (χ1v) is 7.08. The van der Waals surface area contributed by atoms with E-state index in [4.69, 9.17) is 0 Å². The van der Waals surface area contributed by atoms with E-state index in [1.54, 1.807) is 0 Å². The topological polar surface area (TPSA) is 12.0 Å². The lowest BCUT2D eigenvalue weighted by Crippen LogP contribution is -2.23. The molecule has 0 aliphatic carbocycles. The van der Waals surface area contributed by atoms with Gasteiger partial charge in [-0.05, 0) is 43.5 Å². The van der Waals surface area contributed by atoms with Crippen LogP contribution in [0, 0.1) is 13.8 Å². The summed E-state index contributed by atoms with van der Waals surface area (Å²) >= 11 is 0. The molecule has 0 aliphatic rings. The second kappa shape index (κ2) is 6.53. The number of hydrogen-bond donors (Lipinski definition) is 1.